The predicted octanol–water partition coefficient (Wildman–Crippen LogP) is 2.40. The zero-order chi connectivity index (χ0) is 22.5. The van der Waals surface area contributed by atoms with Crippen molar-refractivity contribution in [2.75, 3.05) is 18.8 Å². The van der Waals surface area contributed by atoms with Crippen molar-refractivity contribution in [3.8, 4) is 11.3 Å². The Hall–Kier alpha value is -3.49. The SMILES string of the molecule is Nc1ncc(-c2cccc(C(=O)NCc3ccc(Cl)cc3)c2)nc1C(=O)NC1CCNC1. The number of nitrogens with one attached hydrogen (secondary N) is 3. The summed E-state index contributed by atoms with van der Waals surface area (Å²) in [6.07, 6.45) is 2.35. The van der Waals surface area contributed by atoms with E-state index in [0.717, 1.165) is 18.5 Å². The van der Waals surface area contributed by atoms with Crippen LogP contribution in [0.5, 0.6) is 0 Å². The number of anilines is 1. The normalized spacial score (nSPS) is 15.3. The highest BCUT2D eigenvalue weighted by Gasteiger charge is 2.21. The van der Waals surface area contributed by atoms with Gasteiger partial charge in [-0.15, -0.1) is 0 Å². The molecule has 1 aromatic heterocycles. The fraction of sp³-hybridized carbons (Fsp3) is 0.217. The van der Waals surface area contributed by atoms with Gasteiger partial charge in [0.1, 0.15) is 0 Å². The molecule has 164 valence electrons. The monoisotopic (exact) mass is 450 g/mol. The van der Waals surface area contributed by atoms with Crippen LogP contribution in [0.2, 0.25) is 5.02 Å². The van der Waals surface area contributed by atoms with Crippen LogP contribution in [0.25, 0.3) is 11.3 Å². The minimum absolute atomic E-state index is 0.0417. The molecular formula is C23H23ClN6O2. The van der Waals surface area contributed by atoms with Crippen molar-refractivity contribution >= 4 is 29.2 Å². The van der Waals surface area contributed by atoms with Crippen LogP contribution in [-0.4, -0.2) is 40.9 Å². The van der Waals surface area contributed by atoms with Gasteiger partial charge in [0, 0.05) is 35.3 Å². The van der Waals surface area contributed by atoms with E-state index in [1.807, 2.05) is 12.1 Å². The van der Waals surface area contributed by atoms with Crippen molar-refractivity contribution in [2.45, 2.75) is 19.0 Å². The van der Waals surface area contributed by atoms with E-state index >= 15 is 0 Å². The summed E-state index contributed by atoms with van der Waals surface area (Å²) in [7, 11) is 0. The summed E-state index contributed by atoms with van der Waals surface area (Å²) in [6, 6.07) is 14.3. The second-order valence-corrected chi connectivity index (χ2v) is 7.98. The maximum atomic E-state index is 12.6. The average Bonchev–Trinajstić information content (AvgIpc) is 3.32. The number of carbonyl (C=O) groups excluding carboxylic acids is 2. The van der Waals surface area contributed by atoms with Crippen molar-refractivity contribution < 1.29 is 9.59 Å². The Morgan fingerprint density at radius 2 is 1.97 bits per heavy atom. The standard InChI is InChI=1S/C23H23ClN6O2/c24-17-6-4-14(5-7-17)11-28-22(31)16-3-1-2-15(10-16)19-13-27-21(25)20(30-19)23(32)29-18-8-9-26-12-18/h1-7,10,13,18,26H,8-9,11-12H2,(H2,25,27)(H,28,31)(H,29,32). The number of rotatable bonds is 6. The van der Waals surface area contributed by atoms with E-state index in [2.05, 4.69) is 25.9 Å². The van der Waals surface area contributed by atoms with Gasteiger partial charge in [0.2, 0.25) is 0 Å². The van der Waals surface area contributed by atoms with E-state index in [1.165, 1.54) is 6.20 Å². The van der Waals surface area contributed by atoms with Crippen LogP contribution in [0, 0.1) is 0 Å². The molecule has 8 nitrogen and oxygen atoms in total. The predicted molar refractivity (Wildman–Crippen MR) is 123 cm³/mol. The molecule has 1 aliphatic heterocycles. The quantitative estimate of drug-likeness (QED) is 0.457. The summed E-state index contributed by atoms with van der Waals surface area (Å²) in [5, 5.41) is 9.65. The lowest BCUT2D eigenvalue weighted by atomic mass is 10.1. The van der Waals surface area contributed by atoms with Crippen molar-refractivity contribution in [3.05, 3.63) is 76.6 Å². The number of carbonyl (C=O) groups is 2. The third kappa shape index (κ3) is 5.22. The Labute approximate surface area is 190 Å². The first-order valence-electron chi connectivity index (χ1n) is 10.3. The number of aromatic nitrogens is 2. The summed E-state index contributed by atoms with van der Waals surface area (Å²) in [5.41, 5.74) is 8.51. The Morgan fingerprint density at radius 3 is 2.72 bits per heavy atom. The molecule has 0 radical (unpaired) electrons. The van der Waals surface area contributed by atoms with Gasteiger partial charge < -0.3 is 21.7 Å². The lowest BCUT2D eigenvalue weighted by Crippen LogP contribution is -2.37. The molecule has 0 aliphatic carbocycles. The van der Waals surface area contributed by atoms with Gasteiger partial charge in [-0.2, -0.15) is 0 Å². The second-order valence-electron chi connectivity index (χ2n) is 7.54. The van der Waals surface area contributed by atoms with Crippen molar-refractivity contribution in [1.82, 2.24) is 25.9 Å². The maximum absolute atomic E-state index is 12.6. The summed E-state index contributed by atoms with van der Waals surface area (Å²) in [6.45, 7) is 1.95. The molecule has 9 heteroatoms. The number of amides is 2. The largest absolute Gasteiger partial charge is 0.382 e. The summed E-state index contributed by atoms with van der Waals surface area (Å²) in [4.78, 5) is 33.8. The van der Waals surface area contributed by atoms with Gasteiger partial charge in [-0.1, -0.05) is 35.9 Å². The van der Waals surface area contributed by atoms with Crippen LogP contribution in [0.15, 0.2) is 54.7 Å². The molecule has 1 atom stereocenters. The molecule has 32 heavy (non-hydrogen) atoms. The molecule has 1 fully saturated rings. The van der Waals surface area contributed by atoms with E-state index in [-0.39, 0.29) is 29.4 Å². The van der Waals surface area contributed by atoms with Gasteiger partial charge in [0.15, 0.2) is 11.5 Å². The van der Waals surface area contributed by atoms with Gasteiger partial charge in [-0.25, -0.2) is 9.97 Å². The Kier molecular flexibility index (Phi) is 6.63. The van der Waals surface area contributed by atoms with Gasteiger partial charge >= 0.3 is 0 Å². The fourth-order valence-corrected chi connectivity index (χ4v) is 3.57. The number of nitrogens with two attached hydrogens (primary N) is 1. The molecule has 0 spiro atoms. The van der Waals surface area contributed by atoms with Crippen LogP contribution in [0.1, 0.15) is 32.8 Å². The van der Waals surface area contributed by atoms with Crippen LogP contribution < -0.4 is 21.7 Å². The van der Waals surface area contributed by atoms with Crippen LogP contribution in [0.3, 0.4) is 0 Å². The maximum Gasteiger partial charge on any atom is 0.274 e. The van der Waals surface area contributed by atoms with E-state index in [0.29, 0.717) is 34.9 Å². The van der Waals surface area contributed by atoms with Gasteiger partial charge in [-0.05, 0) is 42.8 Å². The molecule has 4 rings (SSSR count). The van der Waals surface area contributed by atoms with Crippen molar-refractivity contribution in [1.29, 1.82) is 0 Å². The smallest absolute Gasteiger partial charge is 0.274 e. The molecule has 3 aromatic rings. The highest BCUT2D eigenvalue weighted by Crippen LogP contribution is 2.20. The number of nitrogen functional groups attached to an aromatic ring is 1. The third-order valence-electron chi connectivity index (χ3n) is 5.20. The van der Waals surface area contributed by atoms with E-state index in [9.17, 15) is 9.59 Å². The highest BCUT2D eigenvalue weighted by molar-refractivity contribution is 6.30. The molecule has 1 aliphatic rings. The fourth-order valence-electron chi connectivity index (χ4n) is 3.44. The van der Waals surface area contributed by atoms with Gasteiger partial charge in [-0.3, -0.25) is 9.59 Å². The zero-order valence-electron chi connectivity index (χ0n) is 17.3. The highest BCUT2D eigenvalue weighted by atomic mass is 35.5. The molecule has 2 heterocycles. The summed E-state index contributed by atoms with van der Waals surface area (Å²) < 4.78 is 0. The molecular weight excluding hydrogens is 428 g/mol. The molecule has 1 saturated heterocycles. The van der Waals surface area contributed by atoms with E-state index < -0.39 is 0 Å². The average molecular weight is 451 g/mol. The van der Waals surface area contributed by atoms with Gasteiger partial charge in [0.05, 0.1) is 11.9 Å². The number of nitrogens with zero attached hydrogens (tertiary/aromatic N) is 2. The lowest BCUT2D eigenvalue weighted by Gasteiger charge is -2.12. The number of halogens is 1. The van der Waals surface area contributed by atoms with Crippen molar-refractivity contribution in [3.63, 3.8) is 0 Å². The zero-order valence-corrected chi connectivity index (χ0v) is 18.0. The first kappa shape index (κ1) is 21.7. The Morgan fingerprint density at radius 1 is 1.16 bits per heavy atom. The van der Waals surface area contributed by atoms with Crippen LogP contribution in [0.4, 0.5) is 5.82 Å². The Bertz CT molecular complexity index is 1130. The van der Waals surface area contributed by atoms with Crippen molar-refractivity contribution in [2.24, 2.45) is 0 Å². The summed E-state index contributed by atoms with van der Waals surface area (Å²) >= 11 is 5.89. The van der Waals surface area contributed by atoms with E-state index in [1.54, 1.807) is 36.4 Å². The third-order valence-corrected chi connectivity index (χ3v) is 5.45. The molecule has 5 N–H and O–H groups in total. The minimum atomic E-state index is -0.359. The number of hydrogen-bond donors (Lipinski definition) is 4. The van der Waals surface area contributed by atoms with Crippen LogP contribution >= 0.6 is 11.6 Å². The number of hydrogen-bond acceptors (Lipinski definition) is 6. The number of benzene rings is 2. The first-order valence-corrected chi connectivity index (χ1v) is 10.6. The molecule has 2 aromatic carbocycles. The molecule has 0 saturated carbocycles. The first-order chi connectivity index (χ1) is 15.5. The molecule has 0 bridgehead atoms. The molecule has 2 amide bonds. The minimum Gasteiger partial charge on any atom is -0.382 e. The Balaban J connectivity index is 1.49. The second kappa shape index (κ2) is 9.76. The van der Waals surface area contributed by atoms with Crippen LogP contribution in [-0.2, 0) is 6.54 Å². The van der Waals surface area contributed by atoms with Gasteiger partial charge in [0.25, 0.3) is 11.8 Å². The summed E-state index contributed by atoms with van der Waals surface area (Å²) in [5.74, 6) is -0.520. The lowest BCUT2D eigenvalue weighted by molar-refractivity contribution is 0.0932. The molecule has 1 unspecified atom stereocenters. The topological polar surface area (TPSA) is 122 Å². The van der Waals surface area contributed by atoms with E-state index in [4.69, 9.17) is 17.3 Å².